The highest BCUT2D eigenvalue weighted by Crippen LogP contribution is 2.31. The zero-order chi connectivity index (χ0) is 9.97. The number of hydrogen-bond acceptors (Lipinski definition) is 2. The molecule has 14 heavy (non-hydrogen) atoms. The summed E-state index contributed by atoms with van der Waals surface area (Å²) >= 11 is 6.14. The first-order valence-electron chi connectivity index (χ1n) is 4.88. The molecule has 1 N–H and O–H groups in total. The molecule has 0 bridgehead atoms. The summed E-state index contributed by atoms with van der Waals surface area (Å²) in [6.07, 6.45) is 2.38. The minimum absolute atomic E-state index is 0.401. The van der Waals surface area contributed by atoms with Gasteiger partial charge < -0.3 is 10.1 Å². The maximum absolute atomic E-state index is 6.14. The van der Waals surface area contributed by atoms with Crippen LogP contribution in [0.3, 0.4) is 0 Å². The molecule has 1 atom stereocenters. The van der Waals surface area contributed by atoms with Crippen molar-refractivity contribution in [2.75, 3.05) is 13.7 Å². The van der Waals surface area contributed by atoms with Crippen LogP contribution in [0.25, 0.3) is 0 Å². The lowest BCUT2D eigenvalue weighted by atomic mass is 10.1. The van der Waals surface area contributed by atoms with Crippen molar-refractivity contribution in [3.63, 3.8) is 0 Å². The molecule has 1 saturated heterocycles. The largest absolute Gasteiger partial charge is 0.497 e. The Balaban J connectivity index is 2.29. The number of methoxy groups -OCH3 is 1. The Kier molecular flexibility index (Phi) is 2.94. The van der Waals surface area contributed by atoms with E-state index in [1.807, 2.05) is 18.2 Å². The third-order valence-electron chi connectivity index (χ3n) is 2.64. The van der Waals surface area contributed by atoms with Gasteiger partial charge in [-0.1, -0.05) is 11.6 Å². The molecule has 1 aromatic carbocycles. The first-order chi connectivity index (χ1) is 6.81. The average Bonchev–Trinajstić information content (AvgIpc) is 2.71. The molecule has 76 valence electrons. The van der Waals surface area contributed by atoms with Gasteiger partial charge in [0.1, 0.15) is 5.75 Å². The van der Waals surface area contributed by atoms with Gasteiger partial charge in [-0.15, -0.1) is 0 Å². The summed E-state index contributed by atoms with van der Waals surface area (Å²) in [5.74, 6) is 0.873. The van der Waals surface area contributed by atoms with E-state index in [0.29, 0.717) is 6.04 Å². The van der Waals surface area contributed by atoms with E-state index in [9.17, 15) is 0 Å². The third kappa shape index (κ3) is 1.86. The molecule has 0 aromatic heterocycles. The lowest BCUT2D eigenvalue weighted by Gasteiger charge is -2.13. The van der Waals surface area contributed by atoms with E-state index in [4.69, 9.17) is 16.3 Å². The minimum Gasteiger partial charge on any atom is -0.497 e. The number of hydrogen-bond donors (Lipinski definition) is 1. The van der Waals surface area contributed by atoms with Crippen molar-refractivity contribution in [1.82, 2.24) is 5.32 Å². The SMILES string of the molecule is COc1ccc(Cl)c(C2CCCN2)c1. The van der Waals surface area contributed by atoms with Crippen LogP contribution in [-0.4, -0.2) is 13.7 Å². The summed E-state index contributed by atoms with van der Waals surface area (Å²) in [6, 6.07) is 6.21. The molecule has 2 nitrogen and oxygen atoms in total. The summed E-state index contributed by atoms with van der Waals surface area (Å²) in [7, 11) is 1.68. The van der Waals surface area contributed by atoms with E-state index < -0.39 is 0 Å². The van der Waals surface area contributed by atoms with Crippen LogP contribution in [0.4, 0.5) is 0 Å². The Morgan fingerprint density at radius 3 is 3.00 bits per heavy atom. The van der Waals surface area contributed by atoms with Crippen molar-refractivity contribution in [3.05, 3.63) is 28.8 Å². The smallest absolute Gasteiger partial charge is 0.119 e. The van der Waals surface area contributed by atoms with E-state index in [1.54, 1.807) is 7.11 Å². The van der Waals surface area contributed by atoms with Gasteiger partial charge in [0.2, 0.25) is 0 Å². The number of ether oxygens (including phenoxy) is 1. The second kappa shape index (κ2) is 4.20. The van der Waals surface area contributed by atoms with Crippen LogP contribution >= 0.6 is 11.6 Å². The Morgan fingerprint density at radius 1 is 1.50 bits per heavy atom. The van der Waals surface area contributed by atoms with Crippen molar-refractivity contribution in [3.8, 4) is 5.75 Å². The van der Waals surface area contributed by atoms with Gasteiger partial charge in [-0.25, -0.2) is 0 Å². The Bertz CT molecular complexity index is 321. The van der Waals surface area contributed by atoms with Crippen LogP contribution in [0.2, 0.25) is 5.02 Å². The van der Waals surface area contributed by atoms with Gasteiger partial charge in [0.25, 0.3) is 0 Å². The van der Waals surface area contributed by atoms with Crippen LogP contribution < -0.4 is 10.1 Å². The van der Waals surface area contributed by atoms with Gasteiger partial charge in [-0.3, -0.25) is 0 Å². The summed E-state index contributed by atoms with van der Waals surface area (Å²) in [4.78, 5) is 0. The molecule has 0 aliphatic carbocycles. The minimum atomic E-state index is 0.401. The lowest BCUT2D eigenvalue weighted by Crippen LogP contribution is -2.13. The molecular weight excluding hydrogens is 198 g/mol. The molecule has 1 aliphatic rings. The van der Waals surface area contributed by atoms with Crippen LogP contribution in [0.5, 0.6) is 5.75 Å². The van der Waals surface area contributed by atoms with E-state index in [1.165, 1.54) is 6.42 Å². The van der Waals surface area contributed by atoms with Crippen LogP contribution in [-0.2, 0) is 0 Å². The molecule has 1 fully saturated rings. The van der Waals surface area contributed by atoms with Crippen LogP contribution in [0.15, 0.2) is 18.2 Å². The van der Waals surface area contributed by atoms with Crippen LogP contribution in [0, 0.1) is 0 Å². The number of halogens is 1. The summed E-state index contributed by atoms with van der Waals surface area (Å²) in [5, 5.41) is 4.25. The molecular formula is C11H14ClNO. The van der Waals surface area contributed by atoms with E-state index in [2.05, 4.69) is 5.32 Å². The zero-order valence-corrected chi connectivity index (χ0v) is 8.97. The quantitative estimate of drug-likeness (QED) is 0.813. The molecule has 0 saturated carbocycles. The zero-order valence-electron chi connectivity index (χ0n) is 8.22. The molecule has 0 radical (unpaired) electrons. The molecule has 1 heterocycles. The highest BCUT2D eigenvalue weighted by molar-refractivity contribution is 6.31. The number of benzene rings is 1. The maximum Gasteiger partial charge on any atom is 0.119 e. The van der Waals surface area contributed by atoms with Crippen molar-refractivity contribution >= 4 is 11.6 Å². The molecule has 1 aliphatic heterocycles. The standard InChI is InChI=1S/C11H14ClNO/c1-14-8-4-5-10(12)9(7-8)11-3-2-6-13-11/h4-5,7,11,13H,2-3,6H2,1H3. The van der Waals surface area contributed by atoms with E-state index in [0.717, 1.165) is 29.3 Å². The molecule has 0 spiro atoms. The fraction of sp³-hybridized carbons (Fsp3) is 0.455. The van der Waals surface area contributed by atoms with Crippen molar-refractivity contribution < 1.29 is 4.74 Å². The van der Waals surface area contributed by atoms with Gasteiger partial charge >= 0.3 is 0 Å². The predicted molar refractivity (Wildman–Crippen MR) is 58.0 cm³/mol. The first-order valence-corrected chi connectivity index (χ1v) is 5.26. The highest BCUT2D eigenvalue weighted by Gasteiger charge is 2.18. The summed E-state index contributed by atoms with van der Waals surface area (Å²) in [6.45, 7) is 1.08. The van der Waals surface area contributed by atoms with E-state index in [-0.39, 0.29) is 0 Å². The van der Waals surface area contributed by atoms with Gasteiger partial charge in [-0.2, -0.15) is 0 Å². The number of nitrogens with one attached hydrogen (secondary N) is 1. The lowest BCUT2D eigenvalue weighted by molar-refractivity contribution is 0.413. The first kappa shape index (κ1) is 9.81. The third-order valence-corrected chi connectivity index (χ3v) is 2.98. The second-order valence-corrected chi connectivity index (χ2v) is 3.94. The Labute approximate surface area is 89.2 Å². The van der Waals surface area contributed by atoms with E-state index >= 15 is 0 Å². The van der Waals surface area contributed by atoms with Gasteiger partial charge in [0.05, 0.1) is 7.11 Å². The van der Waals surface area contributed by atoms with Crippen molar-refractivity contribution in [2.24, 2.45) is 0 Å². The molecule has 0 amide bonds. The molecule has 1 unspecified atom stereocenters. The maximum atomic E-state index is 6.14. The summed E-state index contributed by atoms with van der Waals surface area (Å²) < 4.78 is 5.18. The normalized spacial score (nSPS) is 21.1. The average molecular weight is 212 g/mol. The van der Waals surface area contributed by atoms with Gasteiger partial charge in [-0.05, 0) is 43.1 Å². The molecule has 1 aromatic rings. The topological polar surface area (TPSA) is 21.3 Å². The van der Waals surface area contributed by atoms with Gasteiger partial charge in [0, 0.05) is 11.1 Å². The van der Waals surface area contributed by atoms with Crippen molar-refractivity contribution in [1.29, 1.82) is 0 Å². The number of rotatable bonds is 2. The summed E-state index contributed by atoms with van der Waals surface area (Å²) in [5.41, 5.74) is 1.16. The van der Waals surface area contributed by atoms with Gasteiger partial charge in [0.15, 0.2) is 0 Å². The molecule has 3 heteroatoms. The van der Waals surface area contributed by atoms with Crippen molar-refractivity contribution in [2.45, 2.75) is 18.9 Å². The second-order valence-electron chi connectivity index (χ2n) is 3.54. The Morgan fingerprint density at radius 2 is 2.36 bits per heavy atom. The molecule has 2 rings (SSSR count). The van der Waals surface area contributed by atoms with Crippen LogP contribution in [0.1, 0.15) is 24.4 Å². The fourth-order valence-corrected chi connectivity index (χ4v) is 2.12. The highest BCUT2D eigenvalue weighted by atomic mass is 35.5. The predicted octanol–water partition coefficient (Wildman–Crippen LogP) is 2.77. The monoisotopic (exact) mass is 211 g/mol. The fourth-order valence-electron chi connectivity index (χ4n) is 1.87. The Hall–Kier alpha value is -0.730.